The highest BCUT2D eigenvalue weighted by Gasteiger charge is 2.19. The van der Waals surface area contributed by atoms with Crippen molar-refractivity contribution in [1.29, 1.82) is 0 Å². The normalized spacial score (nSPS) is 12.1. The molecule has 25 heavy (non-hydrogen) atoms. The molecule has 0 aliphatic rings. The lowest BCUT2D eigenvalue weighted by Gasteiger charge is -2.16. The Morgan fingerprint density at radius 3 is 2.80 bits per heavy atom. The van der Waals surface area contributed by atoms with E-state index in [2.05, 4.69) is 15.5 Å². The van der Waals surface area contributed by atoms with Crippen LogP contribution in [0.1, 0.15) is 21.6 Å². The molecule has 1 aromatic heterocycles. The highest BCUT2D eigenvalue weighted by molar-refractivity contribution is 5.95. The summed E-state index contributed by atoms with van der Waals surface area (Å²) in [5.74, 6) is -0.598. The average Bonchev–Trinajstić information content (AvgIpc) is 2.61. The van der Waals surface area contributed by atoms with Gasteiger partial charge in [-0.1, -0.05) is 42.0 Å². The van der Waals surface area contributed by atoms with Crippen LogP contribution in [0.2, 0.25) is 0 Å². The number of rotatable bonds is 5. The maximum Gasteiger partial charge on any atom is 0.276 e. The van der Waals surface area contributed by atoms with Gasteiger partial charge in [-0.25, -0.2) is 0 Å². The lowest BCUT2D eigenvalue weighted by Crippen LogP contribution is -2.41. The number of nitrogens with zero attached hydrogens (tertiary/aromatic N) is 1. The number of para-hydroxylation sites is 1. The van der Waals surface area contributed by atoms with Crippen molar-refractivity contribution in [2.75, 3.05) is 6.61 Å². The molecule has 1 heterocycles. The molecule has 0 unspecified atom stereocenters. The summed E-state index contributed by atoms with van der Waals surface area (Å²) in [4.78, 5) is 24.9. The van der Waals surface area contributed by atoms with Crippen molar-refractivity contribution in [2.45, 2.75) is 19.4 Å². The fourth-order valence-corrected chi connectivity index (χ4v) is 2.77. The van der Waals surface area contributed by atoms with Gasteiger partial charge < -0.3 is 10.4 Å². The van der Waals surface area contributed by atoms with E-state index in [9.17, 15) is 14.7 Å². The van der Waals surface area contributed by atoms with E-state index in [-0.39, 0.29) is 12.3 Å². The van der Waals surface area contributed by atoms with Gasteiger partial charge in [0.2, 0.25) is 5.43 Å². The highest BCUT2D eigenvalue weighted by atomic mass is 16.3. The second-order valence-corrected chi connectivity index (χ2v) is 5.99. The Morgan fingerprint density at radius 2 is 2.04 bits per heavy atom. The minimum Gasteiger partial charge on any atom is -0.394 e. The molecule has 0 saturated heterocycles. The fourth-order valence-electron chi connectivity index (χ4n) is 2.77. The summed E-state index contributed by atoms with van der Waals surface area (Å²) in [6, 6.07) is 14.2. The zero-order valence-corrected chi connectivity index (χ0v) is 13.8. The van der Waals surface area contributed by atoms with Crippen molar-refractivity contribution in [3.8, 4) is 0 Å². The van der Waals surface area contributed by atoms with E-state index in [1.54, 1.807) is 24.3 Å². The Bertz CT molecular complexity index is 965. The molecule has 0 aliphatic heterocycles. The second kappa shape index (κ2) is 7.27. The Labute approximate surface area is 144 Å². The second-order valence-electron chi connectivity index (χ2n) is 5.99. The molecule has 3 N–H and O–H groups in total. The van der Waals surface area contributed by atoms with E-state index in [4.69, 9.17) is 0 Å². The number of H-pyrrole nitrogens is 1. The van der Waals surface area contributed by atoms with Crippen LogP contribution < -0.4 is 10.7 Å². The highest BCUT2D eigenvalue weighted by Crippen LogP contribution is 2.08. The molecule has 0 spiro atoms. The molecule has 6 heteroatoms. The first-order valence-corrected chi connectivity index (χ1v) is 8.03. The molecule has 0 saturated carbocycles. The monoisotopic (exact) mass is 337 g/mol. The number of fused-ring (bicyclic) bond motifs is 1. The minimum atomic E-state index is -0.598. The Balaban J connectivity index is 1.80. The van der Waals surface area contributed by atoms with E-state index in [0.29, 0.717) is 17.3 Å². The van der Waals surface area contributed by atoms with Crippen LogP contribution in [0.15, 0.2) is 53.3 Å². The minimum absolute atomic E-state index is 0.207. The van der Waals surface area contributed by atoms with Crippen LogP contribution in [-0.2, 0) is 6.42 Å². The molecule has 3 aromatic rings. The fraction of sp³-hybridized carbons (Fsp3) is 0.211. The lowest BCUT2D eigenvalue weighted by atomic mass is 10.0. The maximum absolute atomic E-state index is 12.4. The summed E-state index contributed by atoms with van der Waals surface area (Å²) in [6.45, 7) is 1.75. The van der Waals surface area contributed by atoms with Gasteiger partial charge in [0.15, 0.2) is 5.69 Å². The first-order valence-electron chi connectivity index (χ1n) is 8.03. The number of hydrogen-bond donors (Lipinski definition) is 3. The zero-order chi connectivity index (χ0) is 17.8. The predicted octanol–water partition coefficient (Wildman–Crippen LogP) is 1.56. The van der Waals surface area contributed by atoms with Gasteiger partial charge in [0.1, 0.15) is 0 Å². The summed E-state index contributed by atoms with van der Waals surface area (Å²) in [7, 11) is 0. The van der Waals surface area contributed by atoms with Crippen molar-refractivity contribution < 1.29 is 9.90 Å². The number of aliphatic hydroxyl groups is 1. The lowest BCUT2D eigenvalue weighted by molar-refractivity contribution is 0.0909. The van der Waals surface area contributed by atoms with Gasteiger partial charge in [-0.15, -0.1) is 0 Å². The van der Waals surface area contributed by atoms with Crippen molar-refractivity contribution in [2.24, 2.45) is 0 Å². The Hall–Kier alpha value is -2.99. The van der Waals surface area contributed by atoms with Crippen LogP contribution >= 0.6 is 0 Å². The summed E-state index contributed by atoms with van der Waals surface area (Å²) in [5.41, 5.74) is 2.04. The third kappa shape index (κ3) is 3.75. The molecule has 0 aliphatic carbocycles. The van der Waals surface area contributed by atoms with E-state index >= 15 is 0 Å². The number of benzene rings is 2. The molecule has 0 radical (unpaired) electrons. The van der Waals surface area contributed by atoms with Crippen LogP contribution in [-0.4, -0.2) is 33.9 Å². The number of amides is 1. The summed E-state index contributed by atoms with van der Waals surface area (Å²) in [5, 5.41) is 19.3. The molecule has 0 fully saturated rings. The number of aromatic amines is 1. The number of hydrogen-bond acceptors (Lipinski definition) is 4. The van der Waals surface area contributed by atoms with Gasteiger partial charge in [-0.05, 0) is 31.0 Å². The van der Waals surface area contributed by atoms with Crippen LogP contribution in [0.4, 0.5) is 0 Å². The molecule has 0 bridgehead atoms. The quantitative estimate of drug-likeness (QED) is 0.658. The van der Waals surface area contributed by atoms with Crippen molar-refractivity contribution >= 4 is 16.8 Å². The third-order valence-electron chi connectivity index (χ3n) is 4.01. The zero-order valence-electron chi connectivity index (χ0n) is 13.8. The molecule has 3 rings (SSSR count). The van der Waals surface area contributed by atoms with Crippen LogP contribution in [0, 0.1) is 6.92 Å². The average molecular weight is 337 g/mol. The number of aromatic nitrogens is 2. The molecule has 1 amide bonds. The number of aliphatic hydroxyl groups excluding tert-OH is 1. The van der Waals surface area contributed by atoms with E-state index in [1.165, 1.54) is 0 Å². The maximum atomic E-state index is 12.4. The van der Waals surface area contributed by atoms with Gasteiger partial charge in [-0.3, -0.25) is 14.7 Å². The summed E-state index contributed by atoms with van der Waals surface area (Å²) < 4.78 is 0. The van der Waals surface area contributed by atoms with Gasteiger partial charge >= 0.3 is 0 Å². The summed E-state index contributed by atoms with van der Waals surface area (Å²) in [6.07, 6.45) is 0.468. The molecule has 6 nitrogen and oxygen atoms in total. The number of carbonyl (C=O) groups is 1. The Kier molecular flexibility index (Phi) is 4.90. The van der Waals surface area contributed by atoms with Crippen LogP contribution in [0.3, 0.4) is 0 Å². The molecular formula is C19H19N3O3. The van der Waals surface area contributed by atoms with E-state index in [0.717, 1.165) is 11.1 Å². The van der Waals surface area contributed by atoms with E-state index < -0.39 is 17.4 Å². The van der Waals surface area contributed by atoms with Gasteiger partial charge in [0.05, 0.1) is 18.2 Å². The van der Waals surface area contributed by atoms with Crippen LogP contribution in [0.25, 0.3) is 10.9 Å². The van der Waals surface area contributed by atoms with Crippen LogP contribution in [0.5, 0.6) is 0 Å². The van der Waals surface area contributed by atoms with Gasteiger partial charge in [0.25, 0.3) is 5.91 Å². The molecule has 128 valence electrons. The van der Waals surface area contributed by atoms with E-state index in [1.807, 2.05) is 31.2 Å². The third-order valence-corrected chi connectivity index (χ3v) is 4.01. The smallest absolute Gasteiger partial charge is 0.276 e. The predicted molar refractivity (Wildman–Crippen MR) is 95.6 cm³/mol. The summed E-state index contributed by atoms with van der Waals surface area (Å²) >= 11 is 0. The largest absolute Gasteiger partial charge is 0.394 e. The van der Waals surface area contributed by atoms with Crippen molar-refractivity contribution in [1.82, 2.24) is 15.5 Å². The van der Waals surface area contributed by atoms with Gasteiger partial charge in [-0.2, -0.15) is 5.10 Å². The number of nitrogens with one attached hydrogen (secondary N) is 2. The first-order chi connectivity index (χ1) is 12.1. The molecule has 2 aromatic carbocycles. The Morgan fingerprint density at radius 1 is 1.24 bits per heavy atom. The van der Waals surface area contributed by atoms with Gasteiger partial charge in [0, 0.05) is 5.39 Å². The molecule has 1 atom stereocenters. The standard InChI is InChI=1S/C19H19N3O3/c1-12-5-4-6-13(9-12)10-14(11-23)20-19(25)17-18(24)15-7-2-3-8-16(15)21-22-17/h2-9,14,23H,10-11H2,1H3,(H,20,25)(H,21,24)/t14-/m0/s1. The first kappa shape index (κ1) is 16.9. The number of carbonyl (C=O) groups excluding carboxylic acids is 1. The number of aryl methyl sites for hydroxylation is 1. The van der Waals surface area contributed by atoms with Crippen molar-refractivity contribution in [3.63, 3.8) is 0 Å². The topological polar surface area (TPSA) is 95.1 Å². The van der Waals surface area contributed by atoms with Crippen molar-refractivity contribution in [3.05, 3.63) is 75.6 Å². The SMILES string of the molecule is Cc1cccc(C[C@@H](CO)NC(=O)c2n[nH]c3ccccc3c2=O)c1. The molecular weight excluding hydrogens is 318 g/mol.